The molecule has 1 fully saturated rings. The van der Waals surface area contributed by atoms with Crippen molar-refractivity contribution in [3.05, 3.63) is 59.9 Å². The summed E-state index contributed by atoms with van der Waals surface area (Å²) in [5.41, 5.74) is 0.880. The normalized spacial score (nSPS) is 19.3. The molecule has 3 atom stereocenters. The van der Waals surface area contributed by atoms with Crippen LogP contribution in [0.3, 0.4) is 0 Å². The lowest BCUT2D eigenvalue weighted by atomic mass is 10.2. The van der Waals surface area contributed by atoms with Gasteiger partial charge in [0, 0.05) is 17.5 Å². The van der Waals surface area contributed by atoms with Gasteiger partial charge in [-0.05, 0) is 43.7 Å². The Morgan fingerprint density at radius 2 is 1.93 bits per heavy atom. The Kier molecular flexibility index (Phi) is 4.97. The number of amides is 2. The molecular weight excluding hydrogens is 397 g/mol. The molecule has 3 aromatic rings. The maximum atomic E-state index is 12.8. The molecule has 0 saturated heterocycles. The van der Waals surface area contributed by atoms with E-state index >= 15 is 0 Å². The predicted molar refractivity (Wildman–Crippen MR) is 105 cm³/mol. The molecule has 156 valence electrons. The number of halogens is 3. The van der Waals surface area contributed by atoms with Crippen LogP contribution in [-0.2, 0) is 15.8 Å². The molecule has 4 rings (SSSR count). The highest BCUT2D eigenvalue weighted by Crippen LogP contribution is 2.46. The first-order valence-corrected chi connectivity index (χ1v) is 9.45. The molecule has 0 bridgehead atoms. The van der Waals surface area contributed by atoms with Gasteiger partial charge in [-0.25, -0.2) is 4.98 Å². The van der Waals surface area contributed by atoms with E-state index in [0.29, 0.717) is 6.42 Å². The molecule has 1 aliphatic rings. The van der Waals surface area contributed by atoms with Gasteiger partial charge in [-0.15, -0.1) is 0 Å². The molecular formula is C21H19F3N4O2. The third-order valence-electron chi connectivity index (χ3n) is 5.10. The number of anilines is 1. The number of aromatic nitrogens is 2. The van der Waals surface area contributed by atoms with Crippen LogP contribution < -0.4 is 10.6 Å². The molecule has 2 aromatic carbocycles. The maximum absolute atomic E-state index is 12.8. The minimum absolute atomic E-state index is 0.0162. The minimum atomic E-state index is -4.50. The Balaban J connectivity index is 1.34. The van der Waals surface area contributed by atoms with Gasteiger partial charge in [-0.3, -0.25) is 9.59 Å². The number of benzene rings is 2. The van der Waals surface area contributed by atoms with Gasteiger partial charge in [-0.1, -0.05) is 18.2 Å². The first kappa shape index (κ1) is 19.9. The zero-order chi connectivity index (χ0) is 21.5. The fourth-order valence-electron chi connectivity index (χ4n) is 3.34. The van der Waals surface area contributed by atoms with Gasteiger partial charge in [0.25, 0.3) is 0 Å². The van der Waals surface area contributed by atoms with Crippen molar-refractivity contribution in [1.29, 1.82) is 0 Å². The van der Waals surface area contributed by atoms with Crippen molar-refractivity contribution >= 4 is 28.5 Å². The van der Waals surface area contributed by atoms with Crippen molar-refractivity contribution < 1.29 is 22.8 Å². The van der Waals surface area contributed by atoms with E-state index in [4.69, 9.17) is 0 Å². The molecule has 1 heterocycles. The molecule has 1 aromatic heterocycles. The predicted octanol–water partition coefficient (Wildman–Crippen LogP) is 3.83. The van der Waals surface area contributed by atoms with Crippen LogP contribution >= 0.6 is 0 Å². The van der Waals surface area contributed by atoms with Gasteiger partial charge >= 0.3 is 6.18 Å². The standard InChI is InChI=1S/C21H19F3N4O2/c1-11(19(29)26-13-6-4-5-12(9-13)21(22,23)24)25-20(30)15-10-14(15)18-27-16-7-2-3-8-17(16)28-18/h2-9,11,14-15H,10H2,1H3,(H,25,30)(H,26,29)(H,27,28)/t11-,14+,15+/m1/s1. The average Bonchev–Trinajstić information content (AvgIpc) is 3.39. The van der Waals surface area contributed by atoms with E-state index in [1.54, 1.807) is 0 Å². The Hall–Kier alpha value is -3.36. The molecule has 0 radical (unpaired) electrons. The smallest absolute Gasteiger partial charge is 0.344 e. The summed E-state index contributed by atoms with van der Waals surface area (Å²) < 4.78 is 38.4. The lowest BCUT2D eigenvalue weighted by Crippen LogP contribution is -2.42. The van der Waals surface area contributed by atoms with Crippen LogP contribution in [0.5, 0.6) is 0 Å². The van der Waals surface area contributed by atoms with E-state index in [1.807, 2.05) is 24.3 Å². The van der Waals surface area contributed by atoms with Crippen LogP contribution in [0.2, 0.25) is 0 Å². The maximum Gasteiger partial charge on any atom is 0.416 e. The number of hydrogen-bond acceptors (Lipinski definition) is 3. The second-order valence-electron chi connectivity index (χ2n) is 7.39. The highest BCUT2D eigenvalue weighted by atomic mass is 19.4. The third kappa shape index (κ3) is 4.14. The van der Waals surface area contributed by atoms with E-state index < -0.39 is 23.7 Å². The molecule has 1 aliphatic carbocycles. The first-order chi connectivity index (χ1) is 14.2. The molecule has 3 N–H and O–H groups in total. The number of alkyl halides is 3. The summed E-state index contributed by atoms with van der Waals surface area (Å²) in [5.74, 6) is -0.487. The number of imidazole rings is 1. The van der Waals surface area contributed by atoms with E-state index in [1.165, 1.54) is 19.1 Å². The summed E-state index contributed by atoms with van der Waals surface area (Å²) >= 11 is 0. The number of para-hydroxylation sites is 2. The largest absolute Gasteiger partial charge is 0.416 e. The van der Waals surface area contributed by atoms with Gasteiger partial charge in [0.05, 0.1) is 16.6 Å². The molecule has 6 nitrogen and oxygen atoms in total. The van der Waals surface area contributed by atoms with Gasteiger partial charge in [0.2, 0.25) is 11.8 Å². The second-order valence-corrected chi connectivity index (χ2v) is 7.39. The molecule has 0 unspecified atom stereocenters. The Morgan fingerprint density at radius 1 is 1.17 bits per heavy atom. The van der Waals surface area contributed by atoms with E-state index in [0.717, 1.165) is 29.0 Å². The summed E-state index contributed by atoms with van der Waals surface area (Å²) in [6, 6.07) is 11.0. The van der Waals surface area contributed by atoms with Crippen LogP contribution in [0.25, 0.3) is 11.0 Å². The topological polar surface area (TPSA) is 86.9 Å². The number of carbonyl (C=O) groups excluding carboxylic acids is 2. The summed E-state index contributed by atoms with van der Waals surface area (Å²) in [4.78, 5) is 32.5. The van der Waals surface area contributed by atoms with Crippen LogP contribution in [0.1, 0.15) is 30.7 Å². The summed E-state index contributed by atoms with van der Waals surface area (Å²) in [5, 5.41) is 5.03. The molecule has 30 heavy (non-hydrogen) atoms. The van der Waals surface area contributed by atoms with E-state index in [-0.39, 0.29) is 23.4 Å². The lowest BCUT2D eigenvalue weighted by Gasteiger charge is -2.15. The quantitative estimate of drug-likeness (QED) is 0.591. The number of hydrogen-bond donors (Lipinski definition) is 3. The van der Waals surface area contributed by atoms with E-state index in [9.17, 15) is 22.8 Å². The molecule has 1 saturated carbocycles. The van der Waals surface area contributed by atoms with Crippen molar-refractivity contribution in [1.82, 2.24) is 15.3 Å². The van der Waals surface area contributed by atoms with Crippen LogP contribution in [-0.4, -0.2) is 27.8 Å². The highest BCUT2D eigenvalue weighted by Gasteiger charge is 2.46. The summed E-state index contributed by atoms with van der Waals surface area (Å²) in [6.45, 7) is 1.49. The van der Waals surface area contributed by atoms with Crippen molar-refractivity contribution in [3.63, 3.8) is 0 Å². The monoisotopic (exact) mass is 416 g/mol. The number of nitrogens with zero attached hydrogens (tertiary/aromatic N) is 1. The Morgan fingerprint density at radius 3 is 2.67 bits per heavy atom. The number of H-pyrrole nitrogens is 1. The van der Waals surface area contributed by atoms with Crippen molar-refractivity contribution in [3.8, 4) is 0 Å². The number of carbonyl (C=O) groups is 2. The molecule has 0 aliphatic heterocycles. The number of rotatable bonds is 5. The van der Waals surface area contributed by atoms with Crippen LogP contribution in [0, 0.1) is 5.92 Å². The van der Waals surface area contributed by atoms with Crippen molar-refractivity contribution in [2.45, 2.75) is 31.5 Å². The summed E-state index contributed by atoms with van der Waals surface area (Å²) in [6.07, 6.45) is -3.88. The molecule has 0 spiro atoms. The summed E-state index contributed by atoms with van der Waals surface area (Å²) in [7, 11) is 0. The minimum Gasteiger partial charge on any atom is -0.344 e. The highest BCUT2D eigenvalue weighted by molar-refractivity contribution is 5.97. The average molecular weight is 416 g/mol. The lowest BCUT2D eigenvalue weighted by molar-refractivity contribution is -0.137. The number of fused-ring (bicyclic) bond motifs is 1. The second kappa shape index (κ2) is 7.47. The van der Waals surface area contributed by atoms with Gasteiger partial charge < -0.3 is 15.6 Å². The first-order valence-electron chi connectivity index (χ1n) is 9.45. The zero-order valence-electron chi connectivity index (χ0n) is 16.0. The molecule has 2 amide bonds. The third-order valence-corrected chi connectivity index (χ3v) is 5.10. The Labute approximate surface area is 169 Å². The van der Waals surface area contributed by atoms with Crippen LogP contribution in [0.15, 0.2) is 48.5 Å². The fraction of sp³-hybridized carbons (Fsp3) is 0.286. The van der Waals surface area contributed by atoms with Gasteiger partial charge in [0.15, 0.2) is 0 Å². The Bertz CT molecular complexity index is 1080. The van der Waals surface area contributed by atoms with E-state index in [2.05, 4.69) is 20.6 Å². The fourth-order valence-corrected chi connectivity index (χ4v) is 3.34. The molecule has 9 heteroatoms. The number of nitrogens with one attached hydrogen (secondary N) is 3. The SMILES string of the molecule is C[C@@H](NC(=O)[C@H]1C[C@@H]1c1nc2ccccc2[nH]1)C(=O)Nc1cccc(C(F)(F)F)c1. The van der Waals surface area contributed by atoms with Crippen LogP contribution in [0.4, 0.5) is 18.9 Å². The van der Waals surface area contributed by atoms with Crippen molar-refractivity contribution in [2.24, 2.45) is 5.92 Å². The zero-order valence-corrected chi connectivity index (χ0v) is 16.0. The van der Waals surface area contributed by atoms with Gasteiger partial charge in [0.1, 0.15) is 11.9 Å². The van der Waals surface area contributed by atoms with Crippen molar-refractivity contribution in [2.75, 3.05) is 5.32 Å². The van der Waals surface area contributed by atoms with Gasteiger partial charge in [-0.2, -0.15) is 13.2 Å². The number of aromatic amines is 1.